The summed E-state index contributed by atoms with van der Waals surface area (Å²) in [5.41, 5.74) is 0.718. The van der Waals surface area contributed by atoms with Crippen LogP contribution >= 0.6 is 0 Å². The van der Waals surface area contributed by atoms with E-state index in [-0.39, 0.29) is 23.1 Å². The van der Waals surface area contributed by atoms with Crippen LogP contribution in [-0.4, -0.2) is 35.0 Å². The Morgan fingerprint density at radius 2 is 1.33 bits per heavy atom. The van der Waals surface area contributed by atoms with Gasteiger partial charge in [0, 0.05) is 23.1 Å². The summed E-state index contributed by atoms with van der Waals surface area (Å²) >= 11 is 0. The van der Waals surface area contributed by atoms with E-state index < -0.39 is 11.9 Å². The second kappa shape index (κ2) is 3.24. The van der Waals surface area contributed by atoms with Gasteiger partial charge in [-0.3, -0.25) is 0 Å². The summed E-state index contributed by atoms with van der Waals surface area (Å²) in [7, 11) is 0. The van der Waals surface area contributed by atoms with Crippen molar-refractivity contribution in [1.29, 1.82) is 0 Å². The van der Waals surface area contributed by atoms with Gasteiger partial charge in [0.1, 0.15) is 0 Å². The highest BCUT2D eigenvalue weighted by atomic mass is 24.3. The third-order valence-corrected chi connectivity index (χ3v) is 1.55. The highest BCUT2D eigenvalue weighted by molar-refractivity contribution is 6.14. The van der Waals surface area contributed by atoms with Gasteiger partial charge in [0.15, 0.2) is 0 Å². The highest BCUT2D eigenvalue weighted by Gasteiger charge is 2.28. The lowest BCUT2D eigenvalue weighted by Crippen LogP contribution is -1.96. The molecule has 0 saturated carbocycles. The Kier molecular flexibility index (Phi) is 2.49. The van der Waals surface area contributed by atoms with Crippen LogP contribution in [0.25, 0.3) is 0 Å². The number of cyclic esters (lactones) is 2. The molecule has 1 aliphatic rings. The number of hydrogen-bond acceptors (Lipinski definition) is 3. The molecule has 0 saturated heterocycles. The van der Waals surface area contributed by atoms with Crippen molar-refractivity contribution >= 4 is 35.0 Å². The van der Waals surface area contributed by atoms with Crippen molar-refractivity contribution < 1.29 is 14.3 Å². The average Bonchev–Trinajstić information content (AvgIpc) is 2.30. The third kappa shape index (κ3) is 1.23. The Balaban J connectivity index is 0.000000720. The van der Waals surface area contributed by atoms with Gasteiger partial charge < -0.3 is 4.74 Å². The van der Waals surface area contributed by atoms with E-state index in [9.17, 15) is 9.59 Å². The monoisotopic (exact) mass is 172 g/mol. The Morgan fingerprint density at radius 1 is 0.917 bits per heavy atom. The first-order valence-corrected chi connectivity index (χ1v) is 3.14. The van der Waals surface area contributed by atoms with Crippen LogP contribution in [0.15, 0.2) is 24.3 Å². The molecule has 3 nitrogen and oxygen atoms in total. The third-order valence-electron chi connectivity index (χ3n) is 1.55. The van der Waals surface area contributed by atoms with Gasteiger partial charge >= 0.3 is 11.9 Å². The molecular formula is C8H4MgO3. The highest BCUT2D eigenvalue weighted by Crippen LogP contribution is 2.18. The lowest BCUT2D eigenvalue weighted by molar-refractivity contribution is 0.0444. The SMILES string of the molecule is O=C1OC(=O)c2ccccc21.[Mg]. The van der Waals surface area contributed by atoms with Crippen molar-refractivity contribution in [3.05, 3.63) is 35.4 Å². The van der Waals surface area contributed by atoms with Crippen LogP contribution in [0.1, 0.15) is 20.7 Å². The van der Waals surface area contributed by atoms with Crippen molar-refractivity contribution in [2.45, 2.75) is 0 Å². The van der Waals surface area contributed by atoms with E-state index in [2.05, 4.69) is 4.74 Å². The van der Waals surface area contributed by atoms with Gasteiger partial charge in [0.2, 0.25) is 0 Å². The van der Waals surface area contributed by atoms with Crippen molar-refractivity contribution in [2.75, 3.05) is 0 Å². The normalized spacial score (nSPS) is 13.3. The zero-order chi connectivity index (χ0) is 7.84. The first-order valence-electron chi connectivity index (χ1n) is 3.14. The lowest BCUT2D eigenvalue weighted by Gasteiger charge is -1.86. The van der Waals surface area contributed by atoms with Crippen LogP contribution in [-0.2, 0) is 4.74 Å². The summed E-state index contributed by atoms with van der Waals surface area (Å²) in [6.07, 6.45) is 0. The average molecular weight is 172 g/mol. The molecule has 1 heterocycles. The fraction of sp³-hybridized carbons (Fsp3) is 0. The number of fused-ring (bicyclic) bond motifs is 1. The molecular weight excluding hydrogens is 168 g/mol. The lowest BCUT2D eigenvalue weighted by atomic mass is 10.1. The molecule has 0 aliphatic carbocycles. The van der Waals surface area contributed by atoms with Crippen LogP contribution < -0.4 is 0 Å². The Morgan fingerprint density at radius 3 is 1.75 bits per heavy atom. The number of carbonyl (C=O) groups is 2. The molecule has 4 heteroatoms. The molecule has 0 atom stereocenters. The van der Waals surface area contributed by atoms with Crippen molar-refractivity contribution in [3.8, 4) is 0 Å². The second-order valence-corrected chi connectivity index (χ2v) is 2.22. The molecule has 2 rings (SSSR count). The maximum Gasteiger partial charge on any atom is 0.346 e. The predicted molar refractivity (Wildman–Crippen MR) is 41.9 cm³/mol. The van der Waals surface area contributed by atoms with Gasteiger partial charge in [-0.15, -0.1) is 0 Å². The number of benzene rings is 1. The van der Waals surface area contributed by atoms with E-state index in [4.69, 9.17) is 0 Å². The maximum atomic E-state index is 10.8. The first kappa shape index (κ1) is 9.22. The zero-order valence-corrected chi connectivity index (χ0v) is 7.66. The molecule has 2 radical (unpaired) electrons. The summed E-state index contributed by atoms with van der Waals surface area (Å²) in [6.45, 7) is 0. The van der Waals surface area contributed by atoms with E-state index in [1.807, 2.05) is 0 Å². The topological polar surface area (TPSA) is 43.4 Å². The van der Waals surface area contributed by atoms with Crippen molar-refractivity contribution in [3.63, 3.8) is 0 Å². The molecule has 1 aliphatic heterocycles. The summed E-state index contributed by atoms with van der Waals surface area (Å²) in [4.78, 5) is 21.7. The smallest absolute Gasteiger partial charge is 0.346 e. The number of hydrogen-bond donors (Lipinski definition) is 0. The number of rotatable bonds is 0. The Bertz CT molecular complexity index is 313. The molecule has 12 heavy (non-hydrogen) atoms. The van der Waals surface area contributed by atoms with E-state index in [1.54, 1.807) is 24.3 Å². The van der Waals surface area contributed by atoms with Gasteiger partial charge in [0.25, 0.3) is 0 Å². The quantitative estimate of drug-likeness (QED) is 0.327. The molecule has 0 fully saturated rings. The van der Waals surface area contributed by atoms with Gasteiger partial charge in [-0.1, -0.05) is 12.1 Å². The summed E-state index contributed by atoms with van der Waals surface area (Å²) in [5, 5.41) is 0. The van der Waals surface area contributed by atoms with E-state index in [0.29, 0.717) is 11.1 Å². The second-order valence-electron chi connectivity index (χ2n) is 2.22. The molecule has 1 aromatic rings. The number of ether oxygens (including phenoxy) is 1. The minimum Gasteiger partial charge on any atom is -0.386 e. The van der Waals surface area contributed by atoms with Crippen LogP contribution in [0.3, 0.4) is 0 Å². The molecule has 0 spiro atoms. The zero-order valence-electron chi connectivity index (χ0n) is 6.24. The predicted octanol–water partition coefficient (Wildman–Crippen LogP) is 0.616. The largest absolute Gasteiger partial charge is 0.386 e. The fourth-order valence-corrected chi connectivity index (χ4v) is 1.03. The standard InChI is InChI=1S/C8H4O3.Mg/c9-7-5-3-1-2-4-6(5)8(10)11-7;/h1-4H;. The number of carbonyl (C=O) groups excluding carboxylic acids is 2. The maximum absolute atomic E-state index is 10.8. The van der Waals surface area contributed by atoms with Gasteiger partial charge in [-0.05, 0) is 12.1 Å². The molecule has 56 valence electrons. The van der Waals surface area contributed by atoms with Gasteiger partial charge in [-0.2, -0.15) is 0 Å². The van der Waals surface area contributed by atoms with Crippen LogP contribution in [0.4, 0.5) is 0 Å². The Hall–Kier alpha value is -0.874. The van der Waals surface area contributed by atoms with Crippen LogP contribution in [0.5, 0.6) is 0 Å². The molecule has 0 amide bonds. The van der Waals surface area contributed by atoms with Crippen molar-refractivity contribution in [2.24, 2.45) is 0 Å². The molecule has 0 unspecified atom stereocenters. The first-order chi connectivity index (χ1) is 5.29. The van der Waals surface area contributed by atoms with E-state index in [1.165, 1.54) is 0 Å². The molecule has 0 aromatic heterocycles. The molecule has 0 bridgehead atoms. The Labute approximate surface area is 84.9 Å². The minimum absolute atomic E-state index is 0. The van der Waals surface area contributed by atoms with Gasteiger partial charge in [-0.25, -0.2) is 9.59 Å². The van der Waals surface area contributed by atoms with E-state index >= 15 is 0 Å². The van der Waals surface area contributed by atoms with Gasteiger partial charge in [0.05, 0.1) is 11.1 Å². The van der Waals surface area contributed by atoms with E-state index in [0.717, 1.165) is 0 Å². The summed E-state index contributed by atoms with van der Waals surface area (Å²) in [6, 6.07) is 6.53. The fourth-order valence-electron chi connectivity index (χ4n) is 1.03. The number of esters is 2. The van der Waals surface area contributed by atoms with Crippen LogP contribution in [0.2, 0.25) is 0 Å². The van der Waals surface area contributed by atoms with Crippen LogP contribution in [0, 0.1) is 0 Å². The molecule has 1 aromatic carbocycles. The van der Waals surface area contributed by atoms with Crippen molar-refractivity contribution in [1.82, 2.24) is 0 Å². The minimum atomic E-state index is -0.550. The molecule has 0 N–H and O–H groups in total. The summed E-state index contributed by atoms with van der Waals surface area (Å²) < 4.78 is 4.35. The summed E-state index contributed by atoms with van der Waals surface area (Å²) in [5.74, 6) is -1.10.